The van der Waals surface area contributed by atoms with Crippen molar-refractivity contribution in [3.8, 4) is 11.1 Å². The standard InChI is InChI=1S/C24H26ClFN4O5/c1-14(2)13-35-24(33)22(31)11-18(27-23(32)21-12-30(34)29-28-21)9-15-3-5-16(6-4-15)19-10-17(25)7-8-20(19)26/h3-8,10,12,14,18,22,31,34H,9,11,13H2,1-2H3,(H,27,32)/t18?,22-/m1/s1. The molecule has 0 saturated heterocycles. The van der Waals surface area contributed by atoms with Crippen LogP contribution in [0.15, 0.2) is 48.7 Å². The molecule has 0 radical (unpaired) electrons. The van der Waals surface area contributed by atoms with Crippen molar-refractivity contribution in [1.29, 1.82) is 0 Å². The van der Waals surface area contributed by atoms with Gasteiger partial charge < -0.3 is 20.4 Å². The van der Waals surface area contributed by atoms with Gasteiger partial charge in [0.15, 0.2) is 11.8 Å². The molecule has 0 fully saturated rings. The number of hydrogen-bond acceptors (Lipinski definition) is 7. The first-order chi connectivity index (χ1) is 16.6. The maximum Gasteiger partial charge on any atom is 0.335 e. The van der Waals surface area contributed by atoms with Crippen LogP contribution in [-0.4, -0.2) is 56.1 Å². The van der Waals surface area contributed by atoms with E-state index in [9.17, 15) is 24.3 Å². The average molecular weight is 505 g/mol. The summed E-state index contributed by atoms with van der Waals surface area (Å²) in [6.07, 6.45) is -0.326. The predicted molar refractivity (Wildman–Crippen MR) is 125 cm³/mol. The van der Waals surface area contributed by atoms with E-state index in [-0.39, 0.29) is 31.1 Å². The summed E-state index contributed by atoms with van der Waals surface area (Å²) < 4.78 is 19.3. The van der Waals surface area contributed by atoms with Gasteiger partial charge in [0.2, 0.25) is 0 Å². The lowest BCUT2D eigenvalue weighted by Crippen LogP contribution is -2.41. The third kappa shape index (κ3) is 7.49. The molecule has 0 saturated carbocycles. The first kappa shape index (κ1) is 26.1. The Morgan fingerprint density at radius 2 is 1.91 bits per heavy atom. The summed E-state index contributed by atoms with van der Waals surface area (Å²) in [4.78, 5) is 25.1. The Kier molecular flexibility index (Phi) is 8.78. The molecular weight excluding hydrogens is 479 g/mol. The maximum atomic E-state index is 14.2. The molecule has 35 heavy (non-hydrogen) atoms. The van der Waals surface area contributed by atoms with Crippen LogP contribution in [0.1, 0.15) is 36.3 Å². The van der Waals surface area contributed by atoms with Gasteiger partial charge in [0, 0.05) is 23.0 Å². The summed E-state index contributed by atoms with van der Waals surface area (Å²) >= 11 is 5.99. The predicted octanol–water partition coefficient (Wildman–Crippen LogP) is 3.27. The number of nitrogens with one attached hydrogen (secondary N) is 1. The monoisotopic (exact) mass is 504 g/mol. The highest BCUT2D eigenvalue weighted by Gasteiger charge is 2.25. The lowest BCUT2D eigenvalue weighted by molar-refractivity contribution is -0.155. The largest absolute Gasteiger partial charge is 0.464 e. The first-order valence-corrected chi connectivity index (χ1v) is 11.3. The fourth-order valence-corrected chi connectivity index (χ4v) is 3.52. The molecule has 3 aromatic rings. The Morgan fingerprint density at radius 3 is 2.54 bits per heavy atom. The molecule has 186 valence electrons. The molecule has 2 aromatic carbocycles. The molecule has 9 nitrogen and oxygen atoms in total. The van der Waals surface area contributed by atoms with E-state index in [1.807, 2.05) is 13.8 Å². The molecule has 0 aliphatic rings. The average Bonchev–Trinajstić information content (AvgIpc) is 3.26. The molecule has 0 spiro atoms. The number of carbonyl (C=O) groups is 2. The van der Waals surface area contributed by atoms with Crippen LogP contribution in [0.5, 0.6) is 0 Å². The highest BCUT2D eigenvalue weighted by molar-refractivity contribution is 6.30. The zero-order valence-electron chi connectivity index (χ0n) is 19.2. The van der Waals surface area contributed by atoms with E-state index in [1.165, 1.54) is 18.2 Å². The second-order valence-electron chi connectivity index (χ2n) is 8.50. The summed E-state index contributed by atoms with van der Waals surface area (Å²) in [5.41, 5.74) is 1.59. The van der Waals surface area contributed by atoms with Crippen LogP contribution in [-0.2, 0) is 16.0 Å². The number of hydrogen-bond donors (Lipinski definition) is 3. The van der Waals surface area contributed by atoms with Crippen molar-refractivity contribution < 1.29 is 29.0 Å². The number of nitrogens with zero attached hydrogens (tertiary/aromatic N) is 3. The minimum Gasteiger partial charge on any atom is -0.464 e. The van der Waals surface area contributed by atoms with E-state index in [0.717, 1.165) is 11.8 Å². The van der Waals surface area contributed by atoms with Gasteiger partial charge in [-0.05, 0) is 46.9 Å². The molecular formula is C24H26ClFN4O5. The second-order valence-corrected chi connectivity index (χ2v) is 8.93. The fraction of sp³-hybridized carbons (Fsp3) is 0.333. The summed E-state index contributed by atoms with van der Waals surface area (Å²) in [6, 6.07) is 10.5. The number of amides is 1. The van der Waals surface area contributed by atoms with Gasteiger partial charge in [0.05, 0.1) is 12.8 Å². The highest BCUT2D eigenvalue weighted by atomic mass is 35.5. The van der Waals surface area contributed by atoms with Crippen LogP contribution in [0.25, 0.3) is 11.1 Å². The summed E-state index contributed by atoms with van der Waals surface area (Å²) in [6.45, 7) is 3.90. The minimum atomic E-state index is -1.47. The summed E-state index contributed by atoms with van der Waals surface area (Å²) in [5, 5.41) is 29.6. The van der Waals surface area contributed by atoms with Crippen molar-refractivity contribution in [2.24, 2.45) is 5.92 Å². The maximum absolute atomic E-state index is 14.2. The molecule has 11 heteroatoms. The number of aliphatic hydroxyl groups is 1. The van der Waals surface area contributed by atoms with Gasteiger partial charge >= 0.3 is 5.97 Å². The second kappa shape index (κ2) is 11.8. The lowest BCUT2D eigenvalue weighted by Gasteiger charge is -2.21. The molecule has 1 heterocycles. The molecule has 0 bridgehead atoms. The number of esters is 1. The van der Waals surface area contributed by atoms with E-state index in [1.54, 1.807) is 24.3 Å². The van der Waals surface area contributed by atoms with Crippen LogP contribution in [0, 0.1) is 11.7 Å². The third-order valence-electron chi connectivity index (χ3n) is 5.06. The fourth-order valence-electron chi connectivity index (χ4n) is 3.35. The van der Waals surface area contributed by atoms with Gasteiger partial charge in [0.1, 0.15) is 5.82 Å². The number of halogens is 2. The SMILES string of the molecule is CC(C)COC(=O)[C@H](O)CC(Cc1ccc(-c2cc(Cl)ccc2F)cc1)NC(=O)c1cn(O)nn1. The number of aromatic nitrogens is 3. The highest BCUT2D eigenvalue weighted by Crippen LogP contribution is 2.26. The zero-order valence-corrected chi connectivity index (χ0v) is 19.9. The van der Waals surface area contributed by atoms with E-state index in [2.05, 4.69) is 15.6 Å². The Hall–Kier alpha value is -3.50. The van der Waals surface area contributed by atoms with E-state index in [0.29, 0.717) is 21.0 Å². The Labute approximate surface area is 206 Å². The van der Waals surface area contributed by atoms with Crippen LogP contribution in [0.4, 0.5) is 4.39 Å². The summed E-state index contributed by atoms with van der Waals surface area (Å²) in [7, 11) is 0. The van der Waals surface area contributed by atoms with Gasteiger partial charge in [-0.3, -0.25) is 4.79 Å². The number of ether oxygens (including phenoxy) is 1. The summed E-state index contributed by atoms with van der Waals surface area (Å²) in [5.74, 6) is -1.74. The molecule has 3 N–H and O–H groups in total. The smallest absolute Gasteiger partial charge is 0.335 e. The molecule has 0 aliphatic carbocycles. The van der Waals surface area contributed by atoms with Crippen molar-refractivity contribution in [3.63, 3.8) is 0 Å². The van der Waals surface area contributed by atoms with Crippen LogP contribution < -0.4 is 5.32 Å². The molecule has 1 unspecified atom stereocenters. The van der Waals surface area contributed by atoms with Gasteiger partial charge in [-0.25, -0.2) is 9.18 Å². The molecule has 3 rings (SSSR count). The van der Waals surface area contributed by atoms with Gasteiger partial charge in [-0.1, -0.05) is 54.6 Å². The Balaban J connectivity index is 1.75. The van der Waals surface area contributed by atoms with Crippen LogP contribution in [0.3, 0.4) is 0 Å². The number of carbonyl (C=O) groups excluding carboxylic acids is 2. The number of rotatable bonds is 10. The molecule has 1 amide bonds. The Morgan fingerprint density at radius 1 is 1.20 bits per heavy atom. The molecule has 0 aliphatic heterocycles. The van der Waals surface area contributed by atoms with Crippen molar-refractivity contribution in [3.05, 3.63) is 70.8 Å². The first-order valence-electron chi connectivity index (χ1n) is 10.9. The Bertz CT molecular complexity index is 1170. The normalized spacial score (nSPS) is 12.9. The van der Waals surface area contributed by atoms with E-state index < -0.39 is 29.8 Å². The van der Waals surface area contributed by atoms with Crippen LogP contribution >= 0.6 is 11.6 Å². The number of benzene rings is 2. The van der Waals surface area contributed by atoms with Crippen molar-refractivity contribution in [2.75, 3.05) is 6.61 Å². The van der Waals surface area contributed by atoms with Gasteiger partial charge in [-0.2, -0.15) is 0 Å². The van der Waals surface area contributed by atoms with Crippen molar-refractivity contribution >= 4 is 23.5 Å². The van der Waals surface area contributed by atoms with Gasteiger partial charge in [-0.15, -0.1) is 5.10 Å². The molecule has 2 atom stereocenters. The quantitative estimate of drug-likeness (QED) is 0.285. The van der Waals surface area contributed by atoms with Gasteiger partial charge in [0.25, 0.3) is 5.91 Å². The van der Waals surface area contributed by atoms with Crippen molar-refractivity contribution in [1.82, 2.24) is 20.5 Å². The lowest BCUT2D eigenvalue weighted by atomic mass is 9.97. The third-order valence-corrected chi connectivity index (χ3v) is 5.30. The minimum absolute atomic E-state index is 0.102. The van der Waals surface area contributed by atoms with E-state index >= 15 is 0 Å². The van der Waals surface area contributed by atoms with E-state index in [4.69, 9.17) is 16.3 Å². The number of aliphatic hydroxyl groups excluding tert-OH is 1. The molecule has 1 aromatic heterocycles. The van der Waals surface area contributed by atoms with Crippen molar-refractivity contribution in [2.45, 2.75) is 38.8 Å². The topological polar surface area (TPSA) is 127 Å². The zero-order chi connectivity index (χ0) is 25.5. The van der Waals surface area contributed by atoms with Crippen LogP contribution in [0.2, 0.25) is 5.02 Å².